The predicted octanol–water partition coefficient (Wildman–Crippen LogP) is 3.37. The maximum Gasteiger partial charge on any atom is 0.126 e. The smallest absolute Gasteiger partial charge is 0.126 e. The highest BCUT2D eigenvalue weighted by atomic mass is 32.2. The molecule has 0 radical (unpaired) electrons. The van der Waals surface area contributed by atoms with Gasteiger partial charge in [0, 0.05) is 17.1 Å². The summed E-state index contributed by atoms with van der Waals surface area (Å²) in [5, 5.41) is 4.51. The number of nitrogens with zero attached hydrogens (tertiary/aromatic N) is 1. The fourth-order valence-corrected chi connectivity index (χ4v) is 2.43. The van der Waals surface area contributed by atoms with Gasteiger partial charge in [-0.1, -0.05) is 0 Å². The minimum absolute atomic E-state index is 0.441. The van der Waals surface area contributed by atoms with Crippen molar-refractivity contribution in [3.05, 3.63) is 30.3 Å². The van der Waals surface area contributed by atoms with Crippen molar-refractivity contribution >= 4 is 34.2 Å². The molecule has 4 heteroatoms. The van der Waals surface area contributed by atoms with Crippen LogP contribution in [0, 0.1) is 0 Å². The van der Waals surface area contributed by atoms with Crippen LogP contribution in [0.4, 0.5) is 11.5 Å². The zero-order valence-electron chi connectivity index (χ0n) is 10.8. The molecular weight excluding hydrogens is 242 g/mol. The molecule has 2 aromatic rings. The molecule has 0 saturated carbocycles. The van der Waals surface area contributed by atoms with Crippen LogP contribution >= 0.6 is 11.8 Å². The van der Waals surface area contributed by atoms with Gasteiger partial charge in [-0.05, 0) is 55.7 Å². The first-order chi connectivity index (χ1) is 8.69. The van der Waals surface area contributed by atoms with Crippen molar-refractivity contribution in [1.82, 2.24) is 4.98 Å². The van der Waals surface area contributed by atoms with Crippen LogP contribution < -0.4 is 11.1 Å². The Labute approximate surface area is 112 Å². The lowest BCUT2D eigenvalue weighted by Crippen LogP contribution is -2.16. The van der Waals surface area contributed by atoms with E-state index in [0.29, 0.717) is 6.04 Å². The summed E-state index contributed by atoms with van der Waals surface area (Å²) in [6.45, 7) is 2.19. The zero-order valence-corrected chi connectivity index (χ0v) is 11.6. The van der Waals surface area contributed by atoms with Crippen LogP contribution in [0.5, 0.6) is 0 Å². The normalized spacial score (nSPS) is 12.6. The number of fused-ring (bicyclic) bond motifs is 1. The van der Waals surface area contributed by atoms with E-state index in [1.54, 1.807) is 0 Å². The SMILES string of the molecule is CSCCC(C)Nc1ccc2cc(N)ccc2n1. The highest BCUT2D eigenvalue weighted by Crippen LogP contribution is 2.18. The van der Waals surface area contributed by atoms with Crippen molar-refractivity contribution < 1.29 is 0 Å². The standard InChI is InChI=1S/C14H19N3S/c1-10(7-8-18-2)16-14-6-3-11-9-12(15)4-5-13(11)17-14/h3-6,9-10H,7-8,15H2,1-2H3,(H,16,17). The van der Waals surface area contributed by atoms with Crippen molar-refractivity contribution in [3.8, 4) is 0 Å². The van der Waals surface area contributed by atoms with Crippen LogP contribution in [-0.2, 0) is 0 Å². The van der Waals surface area contributed by atoms with Gasteiger partial charge >= 0.3 is 0 Å². The van der Waals surface area contributed by atoms with Gasteiger partial charge < -0.3 is 11.1 Å². The van der Waals surface area contributed by atoms with Crippen molar-refractivity contribution in [2.24, 2.45) is 0 Å². The van der Waals surface area contributed by atoms with Crippen LogP contribution in [0.2, 0.25) is 0 Å². The van der Waals surface area contributed by atoms with E-state index in [4.69, 9.17) is 5.73 Å². The molecule has 1 heterocycles. The Hall–Kier alpha value is -1.42. The Morgan fingerprint density at radius 2 is 2.17 bits per heavy atom. The van der Waals surface area contributed by atoms with Crippen LogP contribution in [0.3, 0.4) is 0 Å². The second kappa shape index (κ2) is 5.96. The van der Waals surface area contributed by atoms with Crippen molar-refractivity contribution in [3.63, 3.8) is 0 Å². The lowest BCUT2D eigenvalue weighted by Gasteiger charge is -2.14. The van der Waals surface area contributed by atoms with Crippen LogP contribution in [0.1, 0.15) is 13.3 Å². The van der Waals surface area contributed by atoms with E-state index in [9.17, 15) is 0 Å². The first-order valence-electron chi connectivity index (χ1n) is 6.11. The number of benzene rings is 1. The number of rotatable bonds is 5. The van der Waals surface area contributed by atoms with Crippen molar-refractivity contribution in [1.29, 1.82) is 0 Å². The van der Waals surface area contributed by atoms with Gasteiger partial charge in [-0.2, -0.15) is 11.8 Å². The van der Waals surface area contributed by atoms with Gasteiger partial charge in [0.15, 0.2) is 0 Å². The number of anilines is 2. The van der Waals surface area contributed by atoms with E-state index in [-0.39, 0.29) is 0 Å². The molecule has 0 spiro atoms. The van der Waals surface area contributed by atoms with Gasteiger partial charge in [0.25, 0.3) is 0 Å². The first-order valence-corrected chi connectivity index (χ1v) is 7.50. The molecule has 1 aromatic carbocycles. The van der Waals surface area contributed by atoms with Gasteiger partial charge in [-0.25, -0.2) is 4.98 Å². The molecule has 3 nitrogen and oxygen atoms in total. The summed E-state index contributed by atoms with van der Waals surface area (Å²) in [5.74, 6) is 2.10. The molecule has 0 bridgehead atoms. The summed E-state index contributed by atoms with van der Waals surface area (Å²) >= 11 is 1.87. The van der Waals surface area contributed by atoms with Crippen molar-refractivity contribution in [2.75, 3.05) is 23.1 Å². The fraction of sp³-hybridized carbons (Fsp3) is 0.357. The summed E-state index contributed by atoms with van der Waals surface area (Å²) in [7, 11) is 0. The summed E-state index contributed by atoms with van der Waals surface area (Å²) in [6, 6.07) is 10.3. The maximum absolute atomic E-state index is 5.75. The Kier molecular flexibility index (Phi) is 4.31. The molecule has 18 heavy (non-hydrogen) atoms. The highest BCUT2D eigenvalue weighted by molar-refractivity contribution is 7.98. The number of pyridine rings is 1. The molecule has 0 aliphatic rings. The minimum atomic E-state index is 0.441. The van der Waals surface area contributed by atoms with E-state index < -0.39 is 0 Å². The first kappa shape index (κ1) is 13.0. The number of hydrogen-bond acceptors (Lipinski definition) is 4. The average molecular weight is 261 g/mol. The van der Waals surface area contributed by atoms with Crippen LogP contribution in [0.15, 0.2) is 30.3 Å². The molecule has 0 saturated heterocycles. The summed E-state index contributed by atoms with van der Waals surface area (Å²) in [4.78, 5) is 4.59. The van der Waals surface area contributed by atoms with E-state index in [2.05, 4.69) is 29.5 Å². The van der Waals surface area contributed by atoms with Gasteiger partial charge in [-0.15, -0.1) is 0 Å². The van der Waals surface area contributed by atoms with E-state index in [0.717, 1.165) is 34.6 Å². The summed E-state index contributed by atoms with van der Waals surface area (Å²) in [6.07, 6.45) is 3.27. The number of thioether (sulfide) groups is 1. The number of hydrogen-bond donors (Lipinski definition) is 2. The molecular formula is C14H19N3S. The Morgan fingerprint density at radius 3 is 2.94 bits per heavy atom. The zero-order chi connectivity index (χ0) is 13.0. The molecule has 0 amide bonds. The van der Waals surface area contributed by atoms with Crippen LogP contribution in [-0.4, -0.2) is 23.0 Å². The average Bonchev–Trinajstić information content (AvgIpc) is 2.36. The molecule has 0 aliphatic carbocycles. The lowest BCUT2D eigenvalue weighted by molar-refractivity contribution is 0.768. The van der Waals surface area contributed by atoms with Gasteiger partial charge in [0.2, 0.25) is 0 Å². The quantitative estimate of drug-likeness (QED) is 0.810. The molecule has 1 aromatic heterocycles. The molecule has 0 fully saturated rings. The Bertz CT molecular complexity index is 527. The van der Waals surface area contributed by atoms with Gasteiger partial charge in [0.1, 0.15) is 5.82 Å². The largest absolute Gasteiger partial charge is 0.399 e. The third-order valence-electron chi connectivity index (χ3n) is 2.86. The van der Waals surface area contributed by atoms with E-state index in [1.807, 2.05) is 36.0 Å². The second-order valence-corrected chi connectivity index (χ2v) is 5.46. The van der Waals surface area contributed by atoms with Crippen molar-refractivity contribution in [2.45, 2.75) is 19.4 Å². The minimum Gasteiger partial charge on any atom is -0.399 e. The van der Waals surface area contributed by atoms with Crippen LogP contribution in [0.25, 0.3) is 10.9 Å². The predicted molar refractivity (Wildman–Crippen MR) is 82.2 cm³/mol. The lowest BCUT2D eigenvalue weighted by atomic mass is 10.2. The fourth-order valence-electron chi connectivity index (χ4n) is 1.84. The maximum atomic E-state index is 5.75. The number of aromatic nitrogens is 1. The summed E-state index contributed by atoms with van der Waals surface area (Å²) < 4.78 is 0. The third-order valence-corrected chi connectivity index (χ3v) is 3.51. The number of nitrogens with two attached hydrogens (primary N) is 1. The Balaban J connectivity index is 2.12. The van der Waals surface area contributed by atoms with E-state index >= 15 is 0 Å². The highest BCUT2D eigenvalue weighted by Gasteiger charge is 2.03. The third kappa shape index (κ3) is 3.29. The molecule has 0 aliphatic heterocycles. The summed E-state index contributed by atoms with van der Waals surface area (Å²) in [5.41, 5.74) is 7.51. The number of nitrogen functional groups attached to an aromatic ring is 1. The monoisotopic (exact) mass is 261 g/mol. The molecule has 1 atom stereocenters. The molecule has 3 N–H and O–H groups in total. The molecule has 1 unspecified atom stereocenters. The second-order valence-electron chi connectivity index (χ2n) is 4.48. The Morgan fingerprint density at radius 1 is 1.33 bits per heavy atom. The molecule has 96 valence electrons. The molecule has 2 rings (SSSR count). The number of nitrogens with one attached hydrogen (secondary N) is 1. The topological polar surface area (TPSA) is 50.9 Å². The van der Waals surface area contributed by atoms with E-state index in [1.165, 1.54) is 0 Å². The van der Waals surface area contributed by atoms with Gasteiger partial charge in [0.05, 0.1) is 5.52 Å². The van der Waals surface area contributed by atoms with Gasteiger partial charge in [-0.3, -0.25) is 0 Å².